The normalized spacial score (nSPS) is 20.7. The number of amides is 4. The molecule has 12 heteroatoms. The number of fused-ring (bicyclic) bond motifs is 1. The molecule has 0 aliphatic carbocycles. The van der Waals surface area contributed by atoms with E-state index in [-0.39, 0.29) is 30.0 Å². The van der Waals surface area contributed by atoms with Crippen LogP contribution in [0.4, 0.5) is 5.69 Å². The first-order chi connectivity index (χ1) is 18.5. The molecule has 2 fully saturated rings. The molecule has 0 spiro atoms. The highest BCUT2D eigenvalue weighted by molar-refractivity contribution is 6.23. The summed E-state index contributed by atoms with van der Waals surface area (Å²) in [4.78, 5) is 52.9. The van der Waals surface area contributed by atoms with E-state index in [0.717, 1.165) is 43.1 Å². The van der Waals surface area contributed by atoms with Gasteiger partial charge >= 0.3 is 0 Å². The third-order valence-electron chi connectivity index (χ3n) is 6.96. The van der Waals surface area contributed by atoms with E-state index >= 15 is 0 Å². The number of nitrogens with two attached hydrogens (primary N) is 1. The summed E-state index contributed by atoms with van der Waals surface area (Å²) >= 11 is 0. The molecule has 4 N–H and O–H groups in total. The van der Waals surface area contributed by atoms with Crippen LogP contribution in [0, 0.1) is 0 Å². The second-order valence-corrected chi connectivity index (χ2v) is 9.59. The van der Waals surface area contributed by atoms with E-state index in [1.165, 1.54) is 0 Å². The predicted molar refractivity (Wildman–Crippen MR) is 138 cm³/mol. The van der Waals surface area contributed by atoms with E-state index in [4.69, 9.17) is 19.9 Å². The van der Waals surface area contributed by atoms with Gasteiger partial charge in [-0.25, -0.2) is 0 Å². The summed E-state index contributed by atoms with van der Waals surface area (Å²) < 4.78 is 16.3. The van der Waals surface area contributed by atoms with Crippen molar-refractivity contribution < 1.29 is 33.4 Å². The molecule has 208 valence electrons. The Hall–Kier alpha value is -2.90. The number of carbonyl (C=O) groups is 4. The van der Waals surface area contributed by atoms with Crippen LogP contribution in [0.25, 0.3) is 0 Å². The van der Waals surface area contributed by atoms with E-state index in [2.05, 4.69) is 15.5 Å². The number of rotatable bonds is 14. The van der Waals surface area contributed by atoms with Crippen molar-refractivity contribution in [2.75, 3.05) is 71.1 Å². The molecule has 0 bridgehead atoms. The van der Waals surface area contributed by atoms with Crippen LogP contribution < -0.4 is 16.4 Å². The molecule has 3 heterocycles. The second-order valence-electron chi connectivity index (χ2n) is 9.59. The van der Waals surface area contributed by atoms with Gasteiger partial charge in [-0.3, -0.25) is 29.4 Å². The van der Waals surface area contributed by atoms with Crippen molar-refractivity contribution in [3.63, 3.8) is 0 Å². The average Bonchev–Trinajstić information content (AvgIpc) is 3.15. The molecule has 1 aromatic carbocycles. The largest absolute Gasteiger partial charge is 0.382 e. The quantitative estimate of drug-likeness (QED) is 0.220. The van der Waals surface area contributed by atoms with E-state index < -0.39 is 29.7 Å². The fraction of sp³-hybridized carbons (Fsp3) is 0.615. The standard InChI is InChI=1S/C26H37N5O7/c27-7-11-36-13-15-38-16-14-37-12-10-30-8-5-18(6-9-30)28-19-1-2-20-21(17-19)26(35)31(25(20)34)22-3-4-23(32)29-24(22)33/h1-2,17-18,22,28H,3-16,27H2,(H,29,32,33). The summed E-state index contributed by atoms with van der Waals surface area (Å²) in [6.45, 7) is 6.61. The van der Waals surface area contributed by atoms with Crippen LogP contribution in [0.15, 0.2) is 18.2 Å². The van der Waals surface area contributed by atoms with Crippen molar-refractivity contribution in [3.8, 4) is 0 Å². The lowest BCUT2D eigenvalue weighted by Gasteiger charge is -2.32. The smallest absolute Gasteiger partial charge is 0.262 e. The summed E-state index contributed by atoms with van der Waals surface area (Å²) in [7, 11) is 0. The summed E-state index contributed by atoms with van der Waals surface area (Å²) in [5.74, 6) is -1.99. The van der Waals surface area contributed by atoms with Gasteiger partial charge in [-0.15, -0.1) is 0 Å². The first-order valence-corrected chi connectivity index (χ1v) is 13.3. The maximum absolute atomic E-state index is 13.0. The van der Waals surface area contributed by atoms with Crippen LogP contribution in [-0.2, 0) is 23.8 Å². The molecular formula is C26H37N5O7. The van der Waals surface area contributed by atoms with Gasteiger partial charge in [0, 0.05) is 44.3 Å². The summed E-state index contributed by atoms with van der Waals surface area (Å²) in [6, 6.07) is 4.41. The lowest BCUT2D eigenvalue weighted by Crippen LogP contribution is -2.54. The van der Waals surface area contributed by atoms with Gasteiger partial charge in [0.05, 0.1) is 50.8 Å². The minimum absolute atomic E-state index is 0.0989. The number of piperidine rings is 2. The second kappa shape index (κ2) is 13.8. The zero-order valence-corrected chi connectivity index (χ0v) is 21.6. The Morgan fingerprint density at radius 3 is 2.21 bits per heavy atom. The van der Waals surface area contributed by atoms with Crippen molar-refractivity contribution in [1.29, 1.82) is 0 Å². The third-order valence-corrected chi connectivity index (χ3v) is 6.96. The van der Waals surface area contributed by atoms with Gasteiger partial charge in [-0.1, -0.05) is 0 Å². The fourth-order valence-corrected chi connectivity index (χ4v) is 4.92. The number of nitrogens with one attached hydrogen (secondary N) is 2. The van der Waals surface area contributed by atoms with Crippen LogP contribution in [0.1, 0.15) is 46.4 Å². The number of benzene rings is 1. The Balaban J connectivity index is 1.16. The molecule has 3 aliphatic rings. The Morgan fingerprint density at radius 1 is 0.868 bits per heavy atom. The van der Waals surface area contributed by atoms with Crippen molar-refractivity contribution in [2.45, 2.75) is 37.8 Å². The zero-order chi connectivity index (χ0) is 26.9. The van der Waals surface area contributed by atoms with E-state index in [9.17, 15) is 19.2 Å². The zero-order valence-electron chi connectivity index (χ0n) is 21.6. The average molecular weight is 532 g/mol. The van der Waals surface area contributed by atoms with Gasteiger partial charge < -0.3 is 30.2 Å². The van der Waals surface area contributed by atoms with Crippen LogP contribution in [0.3, 0.4) is 0 Å². The highest BCUT2D eigenvalue weighted by Crippen LogP contribution is 2.30. The van der Waals surface area contributed by atoms with Crippen molar-refractivity contribution in [1.82, 2.24) is 15.1 Å². The van der Waals surface area contributed by atoms with Crippen LogP contribution in [-0.4, -0.2) is 111 Å². The van der Waals surface area contributed by atoms with Crippen molar-refractivity contribution >= 4 is 29.3 Å². The molecule has 1 unspecified atom stereocenters. The molecule has 4 rings (SSSR count). The number of imide groups is 2. The summed E-state index contributed by atoms with van der Waals surface area (Å²) in [5.41, 5.74) is 6.69. The molecule has 1 atom stereocenters. The first kappa shape index (κ1) is 28.1. The van der Waals surface area contributed by atoms with Gasteiger partial charge in [-0.05, 0) is 37.5 Å². The van der Waals surface area contributed by atoms with Crippen LogP contribution in [0.2, 0.25) is 0 Å². The van der Waals surface area contributed by atoms with E-state index in [1.54, 1.807) is 18.2 Å². The lowest BCUT2D eigenvalue weighted by molar-refractivity contribution is -0.136. The number of ether oxygens (including phenoxy) is 3. The Bertz CT molecular complexity index is 1010. The van der Waals surface area contributed by atoms with Crippen molar-refractivity contribution in [3.05, 3.63) is 29.3 Å². The number of carbonyl (C=O) groups excluding carboxylic acids is 4. The summed E-state index contributed by atoms with van der Waals surface area (Å²) in [5, 5.41) is 5.70. The number of anilines is 1. The highest BCUT2D eigenvalue weighted by atomic mass is 16.5. The molecule has 0 radical (unpaired) electrons. The number of hydrogen-bond acceptors (Lipinski definition) is 10. The Morgan fingerprint density at radius 2 is 1.53 bits per heavy atom. The lowest BCUT2D eigenvalue weighted by atomic mass is 10.0. The van der Waals surface area contributed by atoms with Gasteiger partial charge in [0.15, 0.2) is 0 Å². The van der Waals surface area contributed by atoms with Gasteiger partial charge in [-0.2, -0.15) is 0 Å². The molecule has 12 nitrogen and oxygen atoms in total. The Labute approximate surface area is 222 Å². The minimum atomic E-state index is -0.960. The monoisotopic (exact) mass is 531 g/mol. The van der Waals surface area contributed by atoms with E-state index in [0.29, 0.717) is 46.2 Å². The van der Waals surface area contributed by atoms with Crippen LogP contribution >= 0.6 is 0 Å². The topological polar surface area (TPSA) is 153 Å². The number of likely N-dealkylation sites (tertiary alicyclic amines) is 1. The van der Waals surface area contributed by atoms with Crippen LogP contribution in [0.5, 0.6) is 0 Å². The SMILES string of the molecule is NCCOCCOCCOCCN1CCC(Nc2ccc3c(c2)C(=O)N(C2CCC(=O)NC2=O)C3=O)CC1. The predicted octanol–water partition coefficient (Wildman–Crippen LogP) is -0.0274. The van der Waals surface area contributed by atoms with Gasteiger partial charge in [0.25, 0.3) is 11.8 Å². The maximum atomic E-state index is 13.0. The summed E-state index contributed by atoms with van der Waals surface area (Å²) in [6.07, 6.45) is 2.13. The number of hydrogen-bond donors (Lipinski definition) is 3. The van der Waals surface area contributed by atoms with Crippen molar-refractivity contribution in [2.24, 2.45) is 5.73 Å². The van der Waals surface area contributed by atoms with Gasteiger partial charge in [0.2, 0.25) is 11.8 Å². The molecule has 38 heavy (non-hydrogen) atoms. The number of nitrogens with zero attached hydrogens (tertiary/aromatic N) is 2. The molecule has 0 saturated carbocycles. The van der Waals surface area contributed by atoms with Gasteiger partial charge in [0.1, 0.15) is 6.04 Å². The molecule has 0 aromatic heterocycles. The first-order valence-electron chi connectivity index (χ1n) is 13.3. The van der Waals surface area contributed by atoms with E-state index in [1.807, 2.05) is 0 Å². The third kappa shape index (κ3) is 7.14. The minimum Gasteiger partial charge on any atom is -0.382 e. The molecule has 1 aromatic rings. The Kier molecular flexibility index (Phi) is 10.2. The molecule has 4 amide bonds. The molecule has 2 saturated heterocycles. The molecule has 3 aliphatic heterocycles. The highest BCUT2D eigenvalue weighted by Gasteiger charge is 2.44. The molecular weight excluding hydrogens is 494 g/mol. The maximum Gasteiger partial charge on any atom is 0.262 e. The fourth-order valence-electron chi connectivity index (χ4n) is 4.92.